The number of primary amides is 1. The number of halogens is 1. The fourth-order valence-electron chi connectivity index (χ4n) is 1.58. The first-order valence-corrected chi connectivity index (χ1v) is 5.78. The van der Waals surface area contributed by atoms with E-state index in [0.29, 0.717) is 17.1 Å². The Kier molecular flexibility index (Phi) is 3.53. The normalized spacial score (nSPS) is 10.3. The molecule has 0 radical (unpaired) electrons. The van der Waals surface area contributed by atoms with Crippen molar-refractivity contribution < 1.29 is 4.79 Å². The Balaban J connectivity index is 2.09. The van der Waals surface area contributed by atoms with Crippen molar-refractivity contribution in [2.75, 3.05) is 5.32 Å². The van der Waals surface area contributed by atoms with Gasteiger partial charge in [-0.05, 0) is 25.1 Å². The highest BCUT2D eigenvalue weighted by Gasteiger charge is 2.07. The van der Waals surface area contributed by atoms with Crippen molar-refractivity contribution in [1.29, 1.82) is 0 Å². The van der Waals surface area contributed by atoms with Crippen molar-refractivity contribution in [3.8, 4) is 0 Å². The van der Waals surface area contributed by atoms with Crippen molar-refractivity contribution in [2.24, 2.45) is 5.73 Å². The van der Waals surface area contributed by atoms with Crippen LogP contribution in [-0.2, 0) is 6.54 Å². The number of rotatable bonds is 4. The minimum absolute atomic E-state index is 0.321. The van der Waals surface area contributed by atoms with Crippen LogP contribution in [0.5, 0.6) is 0 Å². The number of amides is 1. The van der Waals surface area contributed by atoms with E-state index < -0.39 is 5.91 Å². The van der Waals surface area contributed by atoms with E-state index >= 15 is 0 Å². The van der Waals surface area contributed by atoms with Crippen LogP contribution in [0.1, 0.15) is 21.6 Å². The van der Waals surface area contributed by atoms with Gasteiger partial charge in [-0.3, -0.25) is 9.89 Å². The Morgan fingerprint density at radius 1 is 1.56 bits per heavy atom. The molecule has 0 atom stereocenters. The molecular formula is C12H13ClN4O. The van der Waals surface area contributed by atoms with E-state index in [4.69, 9.17) is 17.3 Å². The summed E-state index contributed by atoms with van der Waals surface area (Å²) in [4.78, 5) is 11.0. The highest BCUT2D eigenvalue weighted by Crippen LogP contribution is 2.21. The molecule has 0 aliphatic heterocycles. The fraction of sp³-hybridized carbons (Fsp3) is 0.167. The summed E-state index contributed by atoms with van der Waals surface area (Å²) in [7, 11) is 0. The lowest BCUT2D eigenvalue weighted by molar-refractivity contribution is 0.100. The summed E-state index contributed by atoms with van der Waals surface area (Å²) in [6.07, 6.45) is 1.77. The van der Waals surface area contributed by atoms with Crippen LogP contribution in [0.3, 0.4) is 0 Å². The summed E-state index contributed by atoms with van der Waals surface area (Å²) < 4.78 is 0. The molecule has 94 valence electrons. The van der Waals surface area contributed by atoms with E-state index in [1.807, 2.05) is 6.92 Å². The quantitative estimate of drug-likeness (QED) is 0.790. The molecule has 18 heavy (non-hydrogen) atoms. The monoisotopic (exact) mass is 264 g/mol. The van der Waals surface area contributed by atoms with E-state index in [0.717, 1.165) is 16.9 Å². The van der Waals surface area contributed by atoms with Gasteiger partial charge in [0, 0.05) is 23.5 Å². The molecule has 0 saturated carbocycles. The third-order valence-electron chi connectivity index (χ3n) is 2.65. The number of aryl methyl sites for hydroxylation is 1. The molecule has 0 aliphatic carbocycles. The van der Waals surface area contributed by atoms with Crippen LogP contribution in [0.15, 0.2) is 24.4 Å². The van der Waals surface area contributed by atoms with Crippen molar-refractivity contribution in [2.45, 2.75) is 13.5 Å². The first kappa shape index (κ1) is 12.4. The average Bonchev–Trinajstić information content (AvgIpc) is 2.72. The number of hydrogen-bond acceptors (Lipinski definition) is 3. The third kappa shape index (κ3) is 2.62. The largest absolute Gasteiger partial charge is 0.381 e. The standard InChI is InChI=1S/C12H13ClN4O/c1-7-8(6-16-17-7)5-15-9-2-3-10(12(14)18)11(13)4-9/h2-4,6,15H,5H2,1H3,(H2,14,18)(H,16,17). The molecule has 1 amide bonds. The molecule has 1 heterocycles. The maximum atomic E-state index is 11.0. The minimum Gasteiger partial charge on any atom is -0.381 e. The molecule has 0 fully saturated rings. The molecule has 0 aliphatic rings. The Morgan fingerprint density at radius 2 is 2.33 bits per heavy atom. The van der Waals surface area contributed by atoms with E-state index in [2.05, 4.69) is 15.5 Å². The van der Waals surface area contributed by atoms with Gasteiger partial charge < -0.3 is 11.1 Å². The lowest BCUT2D eigenvalue weighted by atomic mass is 10.2. The van der Waals surface area contributed by atoms with Gasteiger partial charge in [-0.15, -0.1) is 0 Å². The number of anilines is 1. The van der Waals surface area contributed by atoms with Gasteiger partial charge in [0.05, 0.1) is 16.8 Å². The summed E-state index contributed by atoms with van der Waals surface area (Å²) in [6.45, 7) is 2.59. The number of aromatic amines is 1. The highest BCUT2D eigenvalue weighted by atomic mass is 35.5. The summed E-state index contributed by atoms with van der Waals surface area (Å²) >= 11 is 5.96. The number of nitrogens with two attached hydrogens (primary N) is 1. The molecule has 1 aromatic carbocycles. The Bertz CT molecular complexity index is 579. The summed E-state index contributed by atoms with van der Waals surface area (Å²) in [5, 5.41) is 10.3. The van der Waals surface area contributed by atoms with Crippen LogP contribution in [0, 0.1) is 6.92 Å². The van der Waals surface area contributed by atoms with E-state index in [-0.39, 0.29) is 0 Å². The summed E-state index contributed by atoms with van der Waals surface area (Å²) in [5.74, 6) is -0.530. The van der Waals surface area contributed by atoms with Crippen molar-refractivity contribution >= 4 is 23.2 Å². The number of carbonyl (C=O) groups excluding carboxylic acids is 1. The second-order valence-corrected chi connectivity index (χ2v) is 4.34. The molecule has 2 rings (SSSR count). The zero-order valence-electron chi connectivity index (χ0n) is 9.83. The fourth-order valence-corrected chi connectivity index (χ4v) is 1.85. The number of aromatic nitrogens is 2. The maximum Gasteiger partial charge on any atom is 0.250 e. The van der Waals surface area contributed by atoms with Gasteiger partial charge in [0.2, 0.25) is 5.91 Å². The highest BCUT2D eigenvalue weighted by molar-refractivity contribution is 6.34. The number of benzene rings is 1. The van der Waals surface area contributed by atoms with Gasteiger partial charge in [0.1, 0.15) is 0 Å². The molecule has 4 N–H and O–H groups in total. The SMILES string of the molecule is Cc1[nH]ncc1CNc1ccc(C(N)=O)c(Cl)c1. The van der Waals surface area contributed by atoms with Crippen molar-refractivity contribution in [3.05, 3.63) is 46.2 Å². The maximum absolute atomic E-state index is 11.0. The van der Waals surface area contributed by atoms with Crippen LogP contribution in [0.25, 0.3) is 0 Å². The van der Waals surface area contributed by atoms with Crippen LogP contribution in [-0.4, -0.2) is 16.1 Å². The van der Waals surface area contributed by atoms with E-state index in [1.54, 1.807) is 24.4 Å². The van der Waals surface area contributed by atoms with Gasteiger partial charge in [-0.25, -0.2) is 0 Å². The Labute approximate surface area is 109 Å². The van der Waals surface area contributed by atoms with Crippen molar-refractivity contribution in [3.63, 3.8) is 0 Å². The topological polar surface area (TPSA) is 83.8 Å². The molecular weight excluding hydrogens is 252 g/mol. The smallest absolute Gasteiger partial charge is 0.250 e. The Hall–Kier alpha value is -2.01. The predicted octanol–water partition coefficient (Wildman–Crippen LogP) is 2.08. The van der Waals surface area contributed by atoms with Gasteiger partial charge >= 0.3 is 0 Å². The first-order chi connectivity index (χ1) is 8.58. The number of nitrogens with one attached hydrogen (secondary N) is 2. The summed E-state index contributed by atoms with van der Waals surface area (Å²) in [6, 6.07) is 5.05. The van der Waals surface area contributed by atoms with Crippen molar-refractivity contribution in [1.82, 2.24) is 10.2 Å². The lowest BCUT2D eigenvalue weighted by Gasteiger charge is -2.07. The zero-order chi connectivity index (χ0) is 13.1. The van der Waals surface area contributed by atoms with Gasteiger partial charge in [-0.2, -0.15) is 5.10 Å². The Morgan fingerprint density at radius 3 is 2.89 bits per heavy atom. The number of hydrogen-bond donors (Lipinski definition) is 3. The number of nitrogens with zero attached hydrogens (tertiary/aromatic N) is 1. The van der Waals surface area contributed by atoms with E-state index in [9.17, 15) is 4.79 Å². The van der Waals surface area contributed by atoms with Crippen LogP contribution in [0.4, 0.5) is 5.69 Å². The van der Waals surface area contributed by atoms with Gasteiger partial charge in [0.25, 0.3) is 0 Å². The van der Waals surface area contributed by atoms with Crippen LogP contribution >= 0.6 is 11.6 Å². The second-order valence-electron chi connectivity index (χ2n) is 3.93. The molecule has 2 aromatic rings. The first-order valence-electron chi connectivity index (χ1n) is 5.40. The molecule has 5 nitrogen and oxygen atoms in total. The lowest BCUT2D eigenvalue weighted by Crippen LogP contribution is -2.11. The number of H-pyrrole nitrogens is 1. The minimum atomic E-state index is -0.530. The van der Waals surface area contributed by atoms with Gasteiger partial charge in [0.15, 0.2) is 0 Å². The van der Waals surface area contributed by atoms with E-state index in [1.165, 1.54) is 0 Å². The molecule has 0 spiro atoms. The second kappa shape index (κ2) is 5.10. The van der Waals surface area contributed by atoms with Gasteiger partial charge in [-0.1, -0.05) is 11.6 Å². The molecule has 6 heteroatoms. The molecule has 1 aromatic heterocycles. The average molecular weight is 265 g/mol. The summed E-state index contributed by atoms with van der Waals surface area (Å²) in [5.41, 5.74) is 8.42. The van der Waals surface area contributed by atoms with Crippen LogP contribution in [0.2, 0.25) is 5.02 Å². The molecule has 0 bridgehead atoms. The third-order valence-corrected chi connectivity index (χ3v) is 2.96. The molecule has 0 saturated heterocycles. The zero-order valence-corrected chi connectivity index (χ0v) is 10.6. The predicted molar refractivity (Wildman–Crippen MR) is 70.6 cm³/mol. The molecule has 0 unspecified atom stereocenters. The number of carbonyl (C=O) groups is 1. The van der Waals surface area contributed by atoms with Crippen LogP contribution < -0.4 is 11.1 Å².